The second kappa shape index (κ2) is 8.73. The Balaban J connectivity index is 1.58. The van der Waals surface area contributed by atoms with Gasteiger partial charge in [0.25, 0.3) is 5.91 Å². The summed E-state index contributed by atoms with van der Waals surface area (Å²) in [5, 5.41) is 2.61. The zero-order valence-corrected chi connectivity index (χ0v) is 17.7. The highest BCUT2D eigenvalue weighted by Gasteiger charge is 2.25. The number of hydrogen-bond acceptors (Lipinski definition) is 7. The van der Waals surface area contributed by atoms with Gasteiger partial charge in [0.1, 0.15) is 16.0 Å². The van der Waals surface area contributed by atoms with E-state index in [9.17, 15) is 9.18 Å². The highest BCUT2D eigenvalue weighted by molar-refractivity contribution is 8.26. The van der Waals surface area contributed by atoms with E-state index in [1.807, 2.05) is 12.2 Å². The van der Waals surface area contributed by atoms with Crippen molar-refractivity contribution in [1.29, 1.82) is 0 Å². The number of nitrogens with one attached hydrogen (secondary N) is 1. The summed E-state index contributed by atoms with van der Waals surface area (Å²) in [6, 6.07) is 0. The normalized spacial score (nSPS) is 25.0. The van der Waals surface area contributed by atoms with Gasteiger partial charge in [0.2, 0.25) is 0 Å². The number of amides is 1. The molecule has 1 N–H and O–H groups in total. The van der Waals surface area contributed by atoms with Crippen LogP contribution in [0.1, 0.15) is 18.5 Å². The van der Waals surface area contributed by atoms with E-state index in [1.54, 1.807) is 18.5 Å². The molecule has 1 aromatic rings. The van der Waals surface area contributed by atoms with Gasteiger partial charge in [-0.15, -0.1) is 0 Å². The summed E-state index contributed by atoms with van der Waals surface area (Å²) in [4.78, 5) is 26.0. The Kier molecular flexibility index (Phi) is 6.07. The predicted molar refractivity (Wildman–Crippen MR) is 118 cm³/mol. The Labute approximate surface area is 179 Å². The fourth-order valence-electron chi connectivity index (χ4n) is 3.58. The molecule has 0 spiro atoms. The van der Waals surface area contributed by atoms with Crippen LogP contribution in [0.5, 0.6) is 0 Å². The Morgan fingerprint density at radius 3 is 2.97 bits per heavy atom. The summed E-state index contributed by atoms with van der Waals surface area (Å²) in [5.74, 6) is 0.164. The van der Waals surface area contributed by atoms with Crippen molar-refractivity contribution in [3.63, 3.8) is 0 Å². The van der Waals surface area contributed by atoms with E-state index in [1.165, 1.54) is 11.8 Å². The summed E-state index contributed by atoms with van der Waals surface area (Å²) in [6.45, 7) is 3.78. The summed E-state index contributed by atoms with van der Waals surface area (Å²) < 4.78 is 15.1. The van der Waals surface area contributed by atoms with Crippen LogP contribution in [0, 0.1) is 5.92 Å². The highest BCUT2D eigenvalue weighted by Crippen LogP contribution is 2.34. The van der Waals surface area contributed by atoms with Gasteiger partial charge in [-0.1, -0.05) is 36.1 Å². The molecule has 6 nitrogen and oxygen atoms in total. The van der Waals surface area contributed by atoms with Crippen LogP contribution in [0.2, 0.25) is 0 Å². The monoisotopic (exact) mass is 431 g/mol. The van der Waals surface area contributed by atoms with Crippen molar-refractivity contribution < 1.29 is 9.18 Å². The molecule has 1 atom stereocenters. The SMILES string of the molecule is CN1CCCN(c2cncc(C3=C[C@H](/C=C4\SC(=S)NC4=O)CC=C3F)n2)CC1. The maximum absolute atomic E-state index is 14.6. The van der Waals surface area contributed by atoms with Gasteiger partial charge in [0, 0.05) is 31.1 Å². The molecule has 152 valence electrons. The number of allylic oxidation sites excluding steroid dienone is 5. The molecule has 3 aliphatic rings. The van der Waals surface area contributed by atoms with Crippen LogP contribution in [-0.4, -0.2) is 58.3 Å². The van der Waals surface area contributed by atoms with E-state index in [2.05, 4.69) is 27.1 Å². The van der Waals surface area contributed by atoms with Gasteiger partial charge < -0.3 is 15.1 Å². The maximum atomic E-state index is 14.6. The minimum absolute atomic E-state index is 0.101. The molecular weight excluding hydrogens is 409 g/mol. The van der Waals surface area contributed by atoms with Gasteiger partial charge >= 0.3 is 0 Å². The van der Waals surface area contributed by atoms with E-state index < -0.39 is 0 Å². The van der Waals surface area contributed by atoms with Crippen LogP contribution in [0.15, 0.2) is 41.4 Å². The van der Waals surface area contributed by atoms with Crippen LogP contribution in [0.4, 0.5) is 10.2 Å². The van der Waals surface area contributed by atoms with Crippen LogP contribution in [0.3, 0.4) is 0 Å². The predicted octanol–water partition coefficient (Wildman–Crippen LogP) is 2.91. The minimum Gasteiger partial charge on any atom is -0.354 e. The second-order valence-corrected chi connectivity index (χ2v) is 9.03. The van der Waals surface area contributed by atoms with Gasteiger partial charge in [-0.25, -0.2) is 9.37 Å². The first kappa shape index (κ1) is 20.2. The van der Waals surface area contributed by atoms with Crippen molar-refractivity contribution in [2.24, 2.45) is 5.92 Å². The molecule has 0 aromatic carbocycles. The molecule has 1 amide bonds. The summed E-state index contributed by atoms with van der Waals surface area (Å²) >= 11 is 6.27. The lowest BCUT2D eigenvalue weighted by molar-refractivity contribution is -0.115. The van der Waals surface area contributed by atoms with E-state index >= 15 is 0 Å². The average molecular weight is 432 g/mol. The topological polar surface area (TPSA) is 61.4 Å². The number of aromatic nitrogens is 2. The van der Waals surface area contributed by atoms with Crippen LogP contribution in [-0.2, 0) is 4.79 Å². The van der Waals surface area contributed by atoms with Crippen LogP contribution >= 0.6 is 24.0 Å². The highest BCUT2D eigenvalue weighted by atomic mass is 32.2. The number of carbonyl (C=O) groups excluding carboxylic acids is 1. The number of thiocarbonyl (C=S) groups is 1. The Hall–Kier alpha value is -2.10. The average Bonchev–Trinajstić information content (AvgIpc) is 2.89. The Morgan fingerprint density at radius 2 is 2.17 bits per heavy atom. The number of thioether (sulfide) groups is 1. The Morgan fingerprint density at radius 1 is 1.31 bits per heavy atom. The third-order valence-corrected chi connectivity index (χ3v) is 6.34. The van der Waals surface area contributed by atoms with Crippen molar-refractivity contribution in [1.82, 2.24) is 20.2 Å². The zero-order chi connectivity index (χ0) is 20.4. The first-order chi connectivity index (χ1) is 14.0. The lowest BCUT2D eigenvalue weighted by atomic mass is 9.93. The minimum atomic E-state index is -0.305. The van der Waals surface area contributed by atoms with Gasteiger partial charge in [0.15, 0.2) is 0 Å². The fraction of sp³-hybridized carbons (Fsp3) is 0.400. The smallest absolute Gasteiger partial charge is 0.263 e. The van der Waals surface area contributed by atoms with Crippen molar-refractivity contribution >= 4 is 45.6 Å². The largest absolute Gasteiger partial charge is 0.354 e. The first-order valence-electron chi connectivity index (χ1n) is 9.58. The Bertz CT molecular complexity index is 929. The lowest BCUT2D eigenvalue weighted by Crippen LogP contribution is -2.29. The van der Waals surface area contributed by atoms with Crippen molar-refractivity contribution in [3.05, 3.63) is 47.0 Å². The summed E-state index contributed by atoms with van der Waals surface area (Å²) in [5.41, 5.74) is 0.932. The summed E-state index contributed by atoms with van der Waals surface area (Å²) in [6.07, 6.45) is 10.1. The molecule has 0 bridgehead atoms. The van der Waals surface area contributed by atoms with E-state index in [4.69, 9.17) is 17.2 Å². The third-order valence-electron chi connectivity index (χ3n) is 5.16. The molecule has 29 heavy (non-hydrogen) atoms. The summed E-state index contributed by atoms with van der Waals surface area (Å²) in [7, 11) is 2.11. The van der Waals surface area contributed by atoms with Gasteiger partial charge in [-0.2, -0.15) is 0 Å². The molecule has 0 saturated carbocycles. The number of anilines is 1. The van der Waals surface area contributed by atoms with Gasteiger partial charge in [-0.3, -0.25) is 9.78 Å². The molecule has 1 aliphatic carbocycles. The molecule has 1 aromatic heterocycles. The molecule has 0 unspecified atom stereocenters. The maximum Gasteiger partial charge on any atom is 0.263 e. The van der Waals surface area contributed by atoms with Gasteiger partial charge in [0.05, 0.1) is 23.0 Å². The molecular formula is C20H22FN5OS2. The van der Waals surface area contributed by atoms with E-state index in [0.717, 1.165) is 38.4 Å². The number of likely N-dealkylation sites (N-methyl/N-ethyl adjacent to an activating group) is 1. The van der Waals surface area contributed by atoms with Crippen LogP contribution < -0.4 is 10.2 Å². The second-order valence-electron chi connectivity index (χ2n) is 7.31. The van der Waals surface area contributed by atoms with E-state index in [-0.39, 0.29) is 17.7 Å². The number of carbonyl (C=O) groups is 1. The fourth-order valence-corrected chi connectivity index (χ4v) is 4.67. The molecule has 2 fully saturated rings. The van der Waals surface area contributed by atoms with E-state index in [0.29, 0.717) is 26.9 Å². The molecule has 2 saturated heterocycles. The third kappa shape index (κ3) is 4.73. The number of nitrogens with zero attached hydrogens (tertiary/aromatic N) is 4. The molecule has 9 heteroatoms. The number of hydrogen-bond donors (Lipinski definition) is 1. The van der Waals surface area contributed by atoms with Crippen molar-refractivity contribution in [2.45, 2.75) is 12.8 Å². The van der Waals surface area contributed by atoms with Crippen molar-refractivity contribution in [3.8, 4) is 0 Å². The quantitative estimate of drug-likeness (QED) is 0.583. The molecule has 2 aliphatic heterocycles. The molecule has 4 rings (SSSR count). The van der Waals surface area contributed by atoms with Crippen LogP contribution in [0.25, 0.3) is 5.57 Å². The standard InChI is InChI=1S/C20H22FN5OS2/c1-25-5-2-6-26(8-7-25)18-12-22-11-16(23-18)14-9-13(3-4-15(14)21)10-17-19(27)24-20(28)29-17/h4,9-13H,2-3,5-8H2,1H3,(H,24,27,28)/b17-10-/t13-/m1/s1. The first-order valence-corrected chi connectivity index (χ1v) is 10.8. The molecule has 0 radical (unpaired) electrons. The zero-order valence-electron chi connectivity index (χ0n) is 16.1. The van der Waals surface area contributed by atoms with Crippen molar-refractivity contribution in [2.75, 3.05) is 38.1 Å². The molecule has 3 heterocycles. The van der Waals surface area contributed by atoms with Gasteiger partial charge in [-0.05, 0) is 32.5 Å². The lowest BCUT2D eigenvalue weighted by Gasteiger charge is -2.22. The number of halogens is 1. The number of rotatable bonds is 3.